The Balaban J connectivity index is 2.08. The molecule has 2 aromatic carbocycles. The van der Waals surface area contributed by atoms with E-state index in [0.29, 0.717) is 18.0 Å². The van der Waals surface area contributed by atoms with E-state index in [1.165, 1.54) is 38.1 Å². The first-order valence-corrected chi connectivity index (χ1v) is 9.96. The Morgan fingerprint density at radius 2 is 1.73 bits per heavy atom. The number of hydrogen-bond donors (Lipinski definition) is 1. The van der Waals surface area contributed by atoms with E-state index in [-0.39, 0.29) is 4.90 Å². The summed E-state index contributed by atoms with van der Waals surface area (Å²) < 4.78 is 29.3. The summed E-state index contributed by atoms with van der Waals surface area (Å²) in [6, 6.07) is 13.3. The Hall–Kier alpha value is -2.05. The topological polar surface area (TPSA) is 72.5 Å². The molecule has 0 radical (unpaired) electrons. The average molecular weight is 396 g/mol. The van der Waals surface area contributed by atoms with Crippen LogP contribution in [0.1, 0.15) is 19.4 Å². The maximum atomic E-state index is 12.8. The number of benzene rings is 2. The number of amides is 1. The molecule has 0 bridgehead atoms. The van der Waals surface area contributed by atoms with Crippen LogP contribution >= 0.6 is 11.6 Å². The molecule has 0 saturated carbocycles. The molecule has 1 N–H and O–H groups in total. The van der Waals surface area contributed by atoms with E-state index in [4.69, 9.17) is 16.3 Å². The minimum absolute atomic E-state index is 0.0618. The highest BCUT2D eigenvalue weighted by molar-refractivity contribution is 7.93. The third-order valence-corrected chi connectivity index (χ3v) is 6.89. The number of sulfone groups is 1. The number of para-hydroxylation sites is 1. The first-order chi connectivity index (χ1) is 12.2. The lowest BCUT2D eigenvalue weighted by Crippen LogP contribution is -2.48. The molecule has 0 aliphatic rings. The van der Waals surface area contributed by atoms with Crippen molar-refractivity contribution < 1.29 is 17.9 Å². The highest BCUT2D eigenvalue weighted by atomic mass is 35.5. The predicted octanol–water partition coefficient (Wildman–Crippen LogP) is 3.26. The zero-order valence-corrected chi connectivity index (χ0v) is 16.5. The summed E-state index contributed by atoms with van der Waals surface area (Å²) in [5, 5.41) is 3.14. The minimum atomic E-state index is -3.86. The van der Waals surface area contributed by atoms with Crippen LogP contribution in [0.25, 0.3) is 0 Å². The molecule has 1 amide bonds. The predicted molar refractivity (Wildman–Crippen MR) is 102 cm³/mol. The van der Waals surface area contributed by atoms with Crippen LogP contribution in [-0.4, -0.2) is 32.7 Å². The van der Waals surface area contributed by atoms with Crippen LogP contribution in [0.15, 0.2) is 53.4 Å². The van der Waals surface area contributed by atoms with Crippen molar-refractivity contribution in [3.8, 4) is 5.75 Å². The Morgan fingerprint density at radius 3 is 2.35 bits per heavy atom. The molecule has 0 saturated heterocycles. The van der Waals surface area contributed by atoms with E-state index in [9.17, 15) is 13.2 Å². The minimum Gasteiger partial charge on any atom is -0.496 e. The van der Waals surface area contributed by atoms with Crippen molar-refractivity contribution in [3.05, 3.63) is 59.1 Å². The Bertz CT molecular complexity index is 877. The van der Waals surface area contributed by atoms with Gasteiger partial charge in [-0.15, -0.1) is 0 Å². The average Bonchev–Trinajstić information content (AvgIpc) is 2.62. The molecule has 26 heavy (non-hydrogen) atoms. The molecule has 0 heterocycles. The summed E-state index contributed by atoms with van der Waals surface area (Å²) in [6.45, 7) is 3.10. The number of hydrogen-bond acceptors (Lipinski definition) is 4. The van der Waals surface area contributed by atoms with Gasteiger partial charge in [0, 0.05) is 11.6 Å². The van der Waals surface area contributed by atoms with E-state index in [1.54, 1.807) is 7.11 Å². The highest BCUT2D eigenvalue weighted by Crippen LogP contribution is 2.27. The first kappa shape index (κ1) is 20.3. The van der Waals surface area contributed by atoms with E-state index in [1.807, 2.05) is 24.3 Å². The van der Waals surface area contributed by atoms with Crippen LogP contribution in [0.5, 0.6) is 5.75 Å². The van der Waals surface area contributed by atoms with Crippen LogP contribution in [0.2, 0.25) is 5.02 Å². The van der Waals surface area contributed by atoms with Crippen molar-refractivity contribution in [1.82, 2.24) is 5.32 Å². The summed E-state index contributed by atoms with van der Waals surface area (Å²) in [4.78, 5) is 12.6. The third kappa shape index (κ3) is 4.19. The molecule has 140 valence electrons. The molecule has 5 nitrogen and oxygen atoms in total. The summed E-state index contributed by atoms with van der Waals surface area (Å²) in [6.07, 6.45) is 0.535. The summed E-state index contributed by atoms with van der Waals surface area (Å²) in [7, 11) is -2.28. The first-order valence-electron chi connectivity index (χ1n) is 8.10. The second kappa shape index (κ2) is 8.10. The van der Waals surface area contributed by atoms with Gasteiger partial charge in [0.1, 0.15) is 10.5 Å². The second-order valence-electron chi connectivity index (χ2n) is 6.29. The lowest BCUT2D eigenvalue weighted by molar-refractivity contribution is -0.122. The lowest BCUT2D eigenvalue weighted by atomic mass is 10.1. The molecule has 0 spiro atoms. The van der Waals surface area contributed by atoms with Crippen molar-refractivity contribution in [2.45, 2.75) is 29.9 Å². The normalized spacial score (nSPS) is 11.8. The van der Waals surface area contributed by atoms with Gasteiger partial charge in [-0.1, -0.05) is 29.8 Å². The van der Waals surface area contributed by atoms with E-state index in [0.717, 1.165) is 11.3 Å². The van der Waals surface area contributed by atoms with Gasteiger partial charge in [0.05, 0.1) is 12.0 Å². The van der Waals surface area contributed by atoms with Crippen LogP contribution in [-0.2, 0) is 21.1 Å². The van der Waals surface area contributed by atoms with Crippen molar-refractivity contribution in [2.24, 2.45) is 0 Å². The highest BCUT2D eigenvalue weighted by Gasteiger charge is 2.42. The summed E-state index contributed by atoms with van der Waals surface area (Å²) in [5.41, 5.74) is 0.939. The van der Waals surface area contributed by atoms with Gasteiger partial charge in [-0.05, 0) is 56.2 Å². The molecule has 0 aliphatic heterocycles. The van der Waals surface area contributed by atoms with Crippen LogP contribution < -0.4 is 10.1 Å². The number of carbonyl (C=O) groups excluding carboxylic acids is 1. The number of nitrogens with one attached hydrogen (secondary N) is 1. The van der Waals surface area contributed by atoms with Crippen LogP contribution in [0.4, 0.5) is 0 Å². The summed E-state index contributed by atoms with van der Waals surface area (Å²) >= 11 is 5.81. The monoisotopic (exact) mass is 395 g/mol. The maximum Gasteiger partial charge on any atom is 0.241 e. The van der Waals surface area contributed by atoms with Crippen molar-refractivity contribution in [3.63, 3.8) is 0 Å². The second-order valence-corrected chi connectivity index (χ2v) is 9.22. The van der Waals surface area contributed by atoms with Gasteiger partial charge in [0.25, 0.3) is 0 Å². The van der Waals surface area contributed by atoms with Gasteiger partial charge in [-0.2, -0.15) is 0 Å². The number of halogens is 1. The molecule has 2 rings (SSSR count). The fraction of sp³-hybridized carbons (Fsp3) is 0.316. The van der Waals surface area contributed by atoms with Gasteiger partial charge in [-0.25, -0.2) is 8.42 Å². The van der Waals surface area contributed by atoms with Gasteiger partial charge in [0.15, 0.2) is 9.84 Å². The molecule has 7 heteroatoms. The maximum absolute atomic E-state index is 12.8. The fourth-order valence-corrected chi connectivity index (χ4v) is 3.99. The molecule has 2 aromatic rings. The summed E-state index contributed by atoms with van der Waals surface area (Å²) in [5.74, 6) is 0.178. The molecule has 0 unspecified atom stereocenters. The lowest BCUT2D eigenvalue weighted by Gasteiger charge is -2.24. The van der Waals surface area contributed by atoms with E-state index < -0.39 is 20.5 Å². The molecule has 0 fully saturated rings. The third-order valence-electron chi connectivity index (χ3n) is 4.22. The van der Waals surface area contributed by atoms with Crippen molar-refractivity contribution in [2.75, 3.05) is 13.7 Å². The van der Waals surface area contributed by atoms with Crippen LogP contribution in [0.3, 0.4) is 0 Å². The molecular weight excluding hydrogens is 374 g/mol. The van der Waals surface area contributed by atoms with Crippen molar-refractivity contribution >= 4 is 27.3 Å². The van der Waals surface area contributed by atoms with E-state index >= 15 is 0 Å². The smallest absolute Gasteiger partial charge is 0.241 e. The SMILES string of the molecule is COc1ccccc1CCNC(=O)C(C)(C)S(=O)(=O)c1ccc(Cl)cc1. The van der Waals surface area contributed by atoms with Gasteiger partial charge in [0.2, 0.25) is 5.91 Å². The Morgan fingerprint density at radius 1 is 1.12 bits per heavy atom. The quantitative estimate of drug-likeness (QED) is 0.781. The standard InChI is InChI=1S/C19H22ClNO4S/c1-19(2,26(23,24)16-10-8-15(20)9-11-16)18(22)21-13-12-14-6-4-5-7-17(14)25-3/h4-11H,12-13H2,1-3H3,(H,21,22). The van der Waals surface area contributed by atoms with E-state index in [2.05, 4.69) is 5.32 Å². The van der Waals surface area contributed by atoms with Crippen LogP contribution in [0, 0.1) is 0 Å². The largest absolute Gasteiger partial charge is 0.496 e. The molecule has 0 aliphatic carbocycles. The van der Waals surface area contributed by atoms with Gasteiger partial charge in [-0.3, -0.25) is 4.79 Å². The molecule has 0 aromatic heterocycles. The molecular formula is C19H22ClNO4S. The number of rotatable bonds is 7. The Labute approximate surface area is 159 Å². The number of carbonyl (C=O) groups is 1. The van der Waals surface area contributed by atoms with Gasteiger partial charge < -0.3 is 10.1 Å². The Kier molecular flexibility index (Phi) is 6.31. The van der Waals surface area contributed by atoms with Gasteiger partial charge >= 0.3 is 0 Å². The molecule has 0 atom stereocenters. The van der Waals surface area contributed by atoms with Crippen molar-refractivity contribution in [1.29, 1.82) is 0 Å². The zero-order valence-electron chi connectivity index (χ0n) is 15.0. The fourth-order valence-electron chi connectivity index (χ4n) is 2.46. The number of ether oxygens (including phenoxy) is 1. The zero-order chi connectivity index (χ0) is 19.4. The number of methoxy groups -OCH3 is 1.